The minimum absolute atomic E-state index is 1.02. The third-order valence-corrected chi connectivity index (χ3v) is 3.86. The molecule has 1 aromatic carbocycles. The quantitative estimate of drug-likeness (QED) is 0.563. The highest BCUT2D eigenvalue weighted by atomic mass is 15.0. The predicted octanol–water partition coefficient (Wildman–Crippen LogP) is 3.79. The van der Waals surface area contributed by atoms with Crippen LogP contribution in [0.3, 0.4) is 0 Å². The van der Waals surface area contributed by atoms with Crippen molar-refractivity contribution in [3.05, 3.63) is 73.2 Å². The van der Waals surface area contributed by atoms with Gasteiger partial charge in [-0.2, -0.15) is 0 Å². The molecule has 0 aliphatic rings. The third kappa shape index (κ3) is 2.05. The molecule has 0 bridgehead atoms. The summed E-state index contributed by atoms with van der Waals surface area (Å²) < 4.78 is 2.17. The second kappa shape index (κ2) is 5.07. The Morgan fingerprint density at radius 3 is 2.55 bits per heavy atom. The molecule has 3 heterocycles. The second-order valence-electron chi connectivity index (χ2n) is 5.25. The van der Waals surface area contributed by atoms with Gasteiger partial charge in [-0.25, -0.2) is 9.97 Å². The molecule has 0 N–H and O–H groups in total. The molecule has 0 aliphatic heterocycles. The van der Waals surface area contributed by atoms with Crippen molar-refractivity contribution >= 4 is 10.9 Å². The second-order valence-corrected chi connectivity index (χ2v) is 5.25. The largest absolute Gasteiger partial charge is 0.315 e. The maximum Gasteiger partial charge on any atom is 0.115 e. The highest BCUT2D eigenvalue weighted by molar-refractivity contribution is 5.86. The molecule has 0 unspecified atom stereocenters. The summed E-state index contributed by atoms with van der Waals surface area (Å²) in [6.45, 7) is 2.10. The average Bonchev–Trinajstić information content (AvgIpc) is 2.99. The lowest BCUT2D eigenvalue weighted by Crippen LogP contribution is -1.95. The molecule has 0 aliphatic carbocycles. The van der Waals surface area contributed by atoms with Crippen molar-refractivity contribution in [1.29, 1.82) is 0 Å². The molecular weight excluding hydrogens is 272 g/mol. The Morgan fingerprint density at radius 1 is 0.864 bits per heavy atom. The number of rotatable bonds is 2. The van der Waals surface area contributed by atoms with Gasteiger partial charge in [0.15, 0.2) is 0 Å². The molecule has 4 rings (SSSR count). The number of hydrogen-bond acceptors (Lipinski definition) is 3. The smallest absolute Gasteiger partial charge is 0.115 e. The van der Waals surface area contributed by atoms with Crippen LogP contribution in [0.2, 0.25) is 0 Å². The Bertz CT molecular complexity index is 942. The van der Waals surface area contributed by atoms with E-state index in [1.165, 1.54) is 10.9 Å². The first kappa shape index (κ1) is 12.7. The summed E-state index contributed by atoms with van der Waals surface area (Å²) in [5, 5.41) is 1.18. The van der Waals surface area contributed by atoms with Crippen LogP contribution in [-0.2, 0) is 0 Å². The van der Waals surface area contributed by atoms with Crippen molar-refractivity contribution in [2.45, 2.75) is 6.92 Å². The Balaban J connectivity index is 1.87. The molecule has 0 saturated carbocycles. The molecule has 106 valence electrons. The molecule has 0 amide bonds. The lowest BCUT2D eigenvalue weighted by molar-refractivity contribution is 1.07. The van der Waals surface area contributed by atoms with Crippen LogP contribution < -0.4 is 0 Å². The van der Waals surface area contributed by atoms with E-state index < -0.39 is 0 Å². The van der Waals surface area contributed by atoms with E-state index in [9.17, 15) is 0 Å². The Kier molecular flexibility index (Phi) is 2.93. The summed E-state index contributed by atoms with van der Waals surface area (Å²) >= 11 is 0. The normalized spacial score (nSPS) is 11.0. The van der Waals surface area contributed by atoms with Crippen molar-refractivity contribution in [3.8, 4) is 16.8 Å². The highest BCUT2D eigenvalue weighted by Crippen LogP contribution is 2.26. The van der Waals surface area contributed by atoms with E-state index in [-0.39, 0.29) is 0 Å². The van der Waals surface area contributed by atoms with Gasteiger partial charge < -0.3 is 4.57 Å². The van der Waals surface area contributed by atoms with Gasteiger partial charge in [0.05, 0.1) is 17.4 Å². The number of pyridine rings is 1. The summed E-state index contributed by atoms with van der Waals surface area (Å²) in [5.41, 5.74) is 5.61. The fourth-order valence-electron chi connectivity index (χ4n) is 2.69. The number of benzene rings is 1. The summed E-state index contributed by atoms with van der Waals surface area (Å²) in [4.78, 5) is 12.4. The standard InChI is InChI=1S/C18H14N4/c1-13-4-6-19-11-18(13)22-7-5-15-8-14(2-3-17(15)22)16-9-20-12-21-10-16/h2-12H,1H3. The van der Waals surface area contributed by atoms with Crippen molar-refractivity contribution in [1.82, 2.24) is 19.5 Å². The van der Waals surface area contributed by atoms with Crippen LogP contribution >= 0.6 is 0 Å². The van der Waals surface area contributed by atoms with E-state index in [2.05, 4.69) is 56.9 Å². The number of aryl methyl sites for hydroxylation is 1. The lowest BCUT2D eigenvalue weighted by Gasteiger charge is -2.08. The van der Waals surface area contributed by atoms with Gasteiger partial charge in [-0.1, -0.05) is 6.07 Å². The van der Waals surface area contributed by atoms with Gasteiger partial charge in [-0.05, 0) is 42.3 Å². The zero-order valence-electron chi connectivity index (χ0n) is 12.1. The van der Waals surface area contributed by atoms with Crippen molar-refractivity contribution in [2.75, 3.05) is 0 Å². The third-order valence-electron chi connectivity index (χ3n) is 3.86. The maximum absolute atomic E-state index is 4.24. The molecule has 4 nitrogen and oxygen atoms in total. The molecule has 22 heavy (non-hydrogen) atoms. The first-order valence-electron chi connectivity index (χ1n) is 7.10. The van der Waals surface area contributed by atoms with E-state index in [0.717, 1.165) is 22.3 Å². The van der Waals surface area contributed by atoms with E-state index in [1.54, 1.807) is 6.33 Å². The van der Waals surface area contributed by atoms with Crippen molar-refractivity contribution in [2.24, 2.45) is 0 Å². The van der Waals surface area contributed by atoms with Crippen LogP contribution in [0, 0.1) is 6.92 Å². The zero-order chi connectivity index (χ0) is 14.9. The Labute approximate surface area is 128 Å². The topological polar surface area (TPSA) is 43.6 Å². The molecule has 4 heteroatoms. The number of nitrogens with zero attached hydrogens (tertiary/aromatic N) is 4. The molecule has 0 fully saturated rings. The van der Waals surface area contributed by atoms with Crippen LogP contribution in [0.5, 0.6) is 0 Å². The number of aromatic nitrogens is 4. The average molecular weight is 286 g/mol. The summed E-state index contributed by atoms with van der Waals surface area (Å²) in [6.07, 6.45) is 11.0. The van der Waals surface area contributed by atoms with Gasteiger partial charge in [0.2, 0.25) is 0 Å². The van der Waals surface area contributed by atoms with Crippen LogP contribution in [0.25, 0.3) is 27.7 Å². The van der Waals surface area contributed by atoms with E-state index in [0.29, 0.717) is 0 Å². The van der Waals surface area contributed by atoms with Crippen LogP contribution in [-0.4, -0.2) is 19.5 Å². The molecular formula is C18H14N4. The number of hydrogen-bond donors (Lipinski definition) is 0. The fourth-order valence-corrected chi connectivity index (χ4v) is 2.69. The van der Waals surface area contributed by atoms with Gasteiger partial charge >= 0.3 is 0 Å². The van der Waals surface area contributed by atoms with E-state index >= 15 is 0 Å². The van der Waals surface area contributed by atoms with Crippen molar-refractivity contribution < 1.29 is 0 Å². The van der Waals surface area contributed by atoms with Crippen LogP contribution in [0.15, 0.2) is 67.6 Å². The minimum atomic E-state index is 1.02. The monoisotopic (exact) mass is 286 g/mol. The van der Waals surface area contributed by atoms with Crippen molar-refractivity contribution in [3.63, 3.8) is 0 Å². The first-order valence-corrected chi connectivity index (χ1v) is 7.10. The molecule has 0 atom stereocenters. The van der Waals surface area contributed by atoms with Gasteiger partial charge in [-0.3, -0.25) is 4.98 Å². The Morgan fingerprint density at radius 2 is 1.73 bits per heavy atom. The van der Waals surface area contributed by atoms with Gasteiger partial charge in [0.25, 0.3) is 0 Å². The van der Waals surface area contributed by atoms with Gasteiger partial charge in [0, 0.05) is 35.7 Å². The molecule has 3 aromatic heterocycles. The predicted molar refractivity (Wildman–Crippen MR) is 86.8 cm³/mol. The van der Waals surface area contributed by atoms with Crippen LogP contribution in [0.4, 0.5) is 0 Å². The fraction of sp³-hybridized carbons (Fsp3) is 0.0556. The summed E-state index contributed by atoms with van der Waals surface area (Å²) in [5.74, 6) is 0. The number of fused-ring (bicyclic) bond motifs is 1. The maximum atomic E-state index is 4.24. The highest BCUT2D eigenvalue weighted by Gasteiger charge is 2.07. The molecule has 0 radical (unpaired) electrons. The van der Waals surface area contributed by atoms with Gasteiger partial charge in [-0.15, -0.1) is 0 Å². The minimum Gasteiger partial charge on any atom is -0.315 e. The summed E-state index contributed by atoms with van der Waals surface area (Å²) in [6, 6.07) is 10.5. The Hall–Kier alpha value is -3.01. The summed E-state index contributed by atoms with van der Waals surface area (Å²) in [7, 11) is 0. The molecule has 0 spiro atoms. The van der Waals surface area contributed by atoms with E-state index in [1.807, 2.05) is 30.9 Å². The van der Waals surface area contributed by atoms with Gasteiger partial charge in [0.1, 0.15) is 6.33 Å². The zero-order valence-corrected chi connectivity index (χ0v) is 12.1. The van der Waals surface area contributed by atoms with Crippen LogP contribution in [0.1, 0.15) is 5.56 Å². The first-order chi connectivity index (χ1) is 10.8. The molecule has 0 saturated heterocycles. The van der Waals surface area contributed by atoms with E-state index in [4.69, 9.17) is 0 Å². The molecule has 4 aromatic rings. The lowest BCUT2D eigenvalue weighted by atomic mass is 10.1. The SMILES string of the molecule is Cc1ccncc1-n1ccc2cc(-c3cncnc3)ccc21.